The third-order valence-electron chi connectivity index (χ3n) is 3.82. The van der Waals surface area contributed by atoms with Gasteiger partial charge in [0.25, 0.3) is 0 Å². The number of hydrogen-bond donors (Lipinski definition) is 1. The fourth-order valence-electron chi connectivity index (χ4n) is 2.86. The van der Waals surface area contributed by atoms with Gasteiger partial charge in [-0.3, -0.25) is 0 Å². The second kappa shape index (κ2) is 5.45. The first-order chi connectivity index (χ1) is 10.1. The van der Waals surface area contributed by atoms with Gasteiger partial charge in [0.2, 0.25) is 0 Å². The molecule has 0 aromatic heterocycles. The number of benzene rings is 2. The summed E-state index contributed by atoms with van der Waals surface area (Å²) in [5, 5.41) is 3.09. The van der Waals surface area contributed by atoms with E-state index in [0.29, 0.717) is 5.56 Å². The second-order valence-corrected chi connectivity index (χ2v) is 5.39. The van der Waals surface area contributed by atoms with Crippen molar-refractivity contribution in [1.82, 2.24) is 5.32 Å². The molecule has 1 aliphatic heterocycles. The molecule has 2 unspecified atom stereocenters. The van der Waals surface area contributed by atoms with Crippen LogP contribution in [0.4, 0.5) is 8.78 Å². The lowest BCUT2D eigenvalue weighted by Gasteiger charge is -2.18. The maximum Gasteiger partial charge on any atom is 0.131 e. The van der Waals surface area contributed by atoms with Crippen LogP contribution in [0, 0.1) is 11.6 Å². The first kappa shape index (κ1) is 14.0. The molecule has 21 heavy (non-hydrogen) atoms. The fraction of sp³-hybridized carbons (Fsp3) is 0.294. The summed E-state index contributed by atoms with van der Waals surface area (Å²) in [7, 11) is 1.76. The Bertz CT molecular complexity index is 672. The third kappa shape index (κ3) is 2.63. The van der Waals surface area contributed by atoms with Gasteiger partial charge in [-0.1, -0.05) is 18.2 Å². The Morgan fingerprint density at radius 2 is 2.00 bits per heavy atom. The van der Waals surface area contributed by atoms with Crippen molar-refractivity contribution in [3.8, 4) is 5.75 Å². The van der Waals surface area contributed by atoms with E-state index in [9.17, 15) is 8.78 Å². The molecule has 3 rings (SSSR count). The lowest BCUT2D eigenvalue weighted by molar-refractivity contribution is 0.254. The Balaban J connectivity index is 1.99. The van der Waals surface area contributed by atoms with E-state index in [4.69, 9.17) is 4.74 Å². The highest BCUT2D eigenvalue weighted by Gasteiger charge is 2.22. The van der Waals surface area contributed by atoms with Crippen molar-refractivity contribution >= 4 is 0 Å². The number of halogens is 2. The zero-order valence-electron chi connectivity index (χ0n) is 12.0. The predicted molar refractivity (Wildman–Crippen MR) is 77.5 cm³/mol. The number of rotatable bonds is 3. The second-order valence-electron chi connectivity index (χ2n) is 5.39. The molecule has 0 spiro atoms. The van der Waals surface area contributed by atoms with Crippen LogP contribution < -0.4 is 10.1 Å². The maximum atomic E-state index is 14.0. The van der Waals surface area contributed by atoms with Gasteiger partial charge in [0.15, 0.2) is 0 Å². The molecule has 1 N–H and O–H groups in total. The summed E-state index contributed by atoms with van der Waals surface area (Å²) in [5.74, 6) is -0.220. The molecule has 0 saturated heterocycles. The summed E-state index contributed by atoms with van der Waals surface area (Å²) in [6.07, 6.45) is 1.02. The third-order valence-corrected chi connectivity index (χ3v) is 3.82. The van der Waals surface area contributed by atoms with Gasteiger partial charge < -0.3 is 10.1 Å². The topological polar surface area (TPSA) is 21.3 Å². The van der Waals surface area contributed by atoms with Gasteiger partial charge in [-0.25, -0.2) is 8.78 Å². The van der Waals surface area contributed by atoms with Gasteiger partial charge >= 0.3 is 0 Å². The van der Waals surface area contributed by atoms with Crippen molar-refractivity contribution < 1.29 is 13.5 Å². The van der Waals surface area contributed by atoms with E-state index in [1.54, 1.807) is 7.05 Å². The summed E-state index contributed by atoms with van der Waals surface area (Å²) in [4.78, 5) is 0. The zero-order valence-corrected chi connectivity index (χ0v) is 12.0. The molecule has 2 aromatic carbocycles. The molecule has 2 aromatic rings. The van der Waals surface area contributed by atoms with Crippen LogP contribution in [0.2, 0.25) is 0 Å². The van der Waals surface area contributed by atoms with Crippen molar-refractivity contribution in [2.24, 2.45) is 0 Å². The minimum Gasteiger partial charge on any atom is -0.490 e. The van der Waals surface area contributed by atoms with Crippen molar-refractivity contribution in [1.29, 1.82) is 0 Å². The van der Waals surface area contributed by atoms with E-state index in [1.807, 2.05) is 25.1 Å². The average Bonchev–Trinajstić information content (AvgIpc) is 2.81. The molecule has 0 radical (unpaired) electrons. The molecule has 0 amide bonds. The summed E-state index contributed by atoms with van der Waals surface area (Å²) >= 11 is 0. The summed E-state index contributed by atoms with van der Waals surface area (Å²) in [5.41, 5.74) is 2.51. The van der Waals surface area contributed by atoms with Gasteiger partial charge in [0, 0.05) is 18.1 Å². The van der Waals surface area contributed by atoms with E-state index in [0.717, 1.165) is 29.4 Å². The van der Waals surface area contributed by atoms with Crippen LogP contribution in [0.25, 0.3) is 0 Å². The smallest absolute Gasteiger partial charge is 0.131 e. The van der Waals surface area contributed by atoms with Gasteiger partial charge in [-0.2, -0.15) is 0 Å². The summed E-state index contributed by atoms with van der Waals surface area (Å²) in [6.45, 7) is 2.02. The van der Waals surface area contributed by atoms with Crippen LogP contribution in [-0.4, -0.2) is 13.2 Å². The Morgan fingerprint density at radius 3 is 2.71 bits per heavy atom. The number of nitrogens with one attached hydrogen (secondary N) is 1. The highest BCUT2D eigenvalue weighted by atomic mass is 19.1. The Kier molecular flexibility index (Phi) is 3.64. The molecule has 2 nitrogen and oxygen atoms in total. The summed E-state index contributed by atoms with van der Waals surface area (Å²) in [6, 6.07) is 9.23. The van der Waals surface area contributed by atoms with Crippen molar-refractivity contribution in [3.05, 3.63) is 64.7 Å². The minimum atomic E-state index is -0.567. The van der Waals surface area contributed by atoms with Gasteiger partial charge in [-0.05, 0) is 37.2 Å². The van der Waals surface area contributed by atoms with Gasteiger partial charge in [0.05, 0.1) is 6.04 Å². The van der Waals surface area contributed by atoms with Crippen LogP contribution in [0.5, 0.6) is 5.75 Å². The van der Waals surface area contributed by atoms with E-state index < -0.39 is 11.6 Å². The minimum absolute atomic E-state index is 0.172. The van der Waals surface area contributed by atoms with Crippen LogP contribution >= 0.6 is 0 Å². The lowest BCUT2D eigenvalue weighted by atomic mass is 9.96. The highest BCUT2D eigenvalue weighted by Crippen LogP contribution is 2.33. The predicted octanol–water partition coefficient (Wildman–Crippen LogP) is 3.60. The van der Waals surface area contributed by atoms with Crippen LogP contribution in [0.3, 0.4) is 0 Å². The quantitative estimate of drug-likeness (QED) is 0.932. The standard InChI is InChI=1S/C17H17F2NO/c1-10-7-12-8-11(3-6-16(12)21-10)17(20-2)14-5-4-13(18)9-15(14)19/h3-6,8-10,17,20H,7H2,1-2H3. The molecule has 0 saturated carbocycles. The molecule has 1 heterocycles. The van der Waals surface area contributed by atoms with Gasteiger partial charge in [0.1, 0.15) is 23.5 Å². The van der Waals surface area contributed by atoms with Crippen molar-refractivity contribution in [3.63, 3.8) is 0 Å². The zero-order chi connectivity index (χ0) is 15.0. The van der Waals surface area contributed by atoms with Gasteiger partial charge in [-0.15, -0.1) is 0 Å². The number of fused-ring (bicyclic) bond motifs is 1. The molecule has 0 fully saturated rings. The fourth-order valence-corrected chi connectivity index (χ4v) is 2.86. The van der Waals surface area contributed by atoms with Crippen LogP contribution in [-0.2, 0) is 6.42 Å². The molecular formula is C17H17F2NO. The molecule has 0 aliphatic carbocycles. The Hall–Kier alpha value is -1.94. The number of hydrogen-bond acceptors (Lipinski definition) is 2. The summed E-state index contributed by atoms with van der Waals surface area (Å²) < 4.78 is 32.7. The average molecular weight is 289 g/mol. The Labute approximate surface area is 122 Å². The monoisotopic (exact) mass is 289 g/mol. The largest absolute Gasteiger partial charge is 0.490 e. The van der Waals surface area contributed by atoms with E-state index in [-0.39, 0.29) is 12.1 Å². The molecule has 4 heteroatoms. The molecule has 2 atom stereocenters. The first-order valence-corrected chi connectivity index (χ1v) is 7.00. The SMILES string of the molecule is CNC(c1ccc2c(c1)CC(C)O2)c1ccc(F)cc1F. The molecular weight excluding hydrogens is 272 g/mol. The number of ether oxygens (including phenoxy) is 1. The van der Waals surface area contributed by atoms with E-state index >= 15 is 0 Å². The van der Waals surface area contributed by atoms with Crippen molar-refractivity contribution in [2.75, 3.05) is 7.05 Å². The van der Waals surface area contributed by atoms with Crippen LogP contribution in [0.1, 0.15) is 29.7 Å². The highest BCUT2D eigenvalue weighted by molar-refractivity contribution is 5.44. The first-order valence-electron chi connectivity index (χ1n) is 7.00. The maximum absolute atomic E-state index is 14.0. The molecule has 0 bridgehead atoms. The Morgan fingerprint density at radius 1 is 1.19 bits per heavy atom. The molecule has 110 valence electrons. The van der Waals surface area contributed by atoms with Crippen molar-refractivity contribution in [2.45, 2.75) is 25.5 Å². The van der Waals surface area contributed by atoms with Crippen LogP contribution in [0.15, 0.2) is 36.4 Å². The van der Waals surface area contributed by atoms with E-state index in [2.05, 4.69) is 5.32 Å². The molecule has 1 aliphatic rings. The normalized spacial score (nSPS) is 18.2. The van der Waals surface area contributed by atoms with E-state index in [1.165, 1.54) is 12.1 Å². The lowest BCUT2D eigenvalue weighted by Crippen LogP contribution is -2.19.